The first-order valence-electron chi connectivity index (χ1n) is 7.06. The van der Waals surface area contributed by atoms with Crippen LogP contribution in [0.4, 0.5) is 0 Å². The monoisotopic (exact) mass is 223 g/mol. The van der Waals surface area contributed by atoms with Crippen LogP contribution < -0.4 is 0 Å². The van der Waals surface area contributed by atoms with E-state index < -0.39 is 0 Å². The molecular formula is C15H29N. The van der Waals surface area contributed by atoms with Crippen molar-refractivity contribution in [2.24, 2.45) is 16.7 Å². The average molecular weight is 223 g/mol. The van der Waals surface area contributed by atoms with Gasteiger partial charge in [0.15, 0.2) is 0 Å². The number of nitrogens with zero attached hydrogens (tertiary/aromatic N) is 1. The summed E-state index contributed by atoms with van der Waals surface area (Å²) in [5.41, 5.74) is 1.22. The van der Waals surface area contributed by atoms with Gasteiger partial charge < -0.3 is 4.90 Å². The molecule has 1 heterocycles. The molecule has 2 aliphatic rings. The van der Waals surface area contributed by atoms with Crippen molar-refractivity contribution in [1.82, 2.24) is 4.90 Å². The molecule has 1 spiro atoms. The first-order chi connectivity index (χ1) is 7.32. The highest BCUT2D eigenvalue weighted by molar-refractivity contribution is 4.99. The summed E-state index contributed by atoms with van der Waals surface area (Å²) in [6.07, 6.45) is 5.89. The molecule has 1 saturated carbocycles. The van der Waals surface area contributed by atoms with Crippen LogP contribution in [-0.4, -0.2) is 24.0 Å². The topological polar surface area (TPSA) is 3.24 Å². The van der Waals surface area contributed by atoms with E-state index in [4.69, 9.17) is 0 Å². The quantitative estimate of drug-likeness (QED) is 0.651. The third-order valence-electron chi connectivity index (χ3n) is 5.13. The fraction of sp³-hybridized carbons (Fsp3) is 1.00. The Morgan fingerprint density at radius 3 is 2.31 bits per heavy atom. The van der Waals surface area contributed by atoms with E-state index in [1.54, 1.807) is 0 Å². The van der Waals surface area contributed by atoms with E-state index in [0.717, 1.165) is 12.0 Å². The normalized spacial score (nSPS) is 36.8. The van der Waals surface area contributed by atoms with E-state index >= 15 is 0 Å². The zero-order valence-electron chi connectivity index (χ0n) is 11.8. The third kappa shape index (κ3) is 2.30. The zero-order valence-corrected chi connectivity index (χ0v) is 11.8. The molecule has 94 valence electrons. The molecule has 16 heavy (non-hydrogen) atoms. The summed E-state index contributed by atoms with van der Waals surface area (Å²) in [6.45, 7) is 14.7. The van der Waals surface area contributed by atoms with Crippen LogP contribution in [0.1, 0.15) is 60.3 Å². The van der Waals surface area contributed by atoms with Gasteiger partial charge in [-0.25, -0.2) is 0 Å². The third-order valence-corrected chi connectivity index (χ3v) is 5.13. The summed E-state index contributed by atoms with van der Waals surface area (Å²) in [4.78, 5) is 2.69. The summed E-state index contributed by atoms with van der Waals surface area (Å²) in [5.74, 6) is 0.958. The molecule has 0 bridgehead atoms. The summed E-state index contributed by atoms with van der Waals surface area (Å²) >= 11 is 0. The van der Waals surface area contributed by atoms with Crippen LogP contribution in [-0.2, 0) is 0 Å². The van der Waals surface area contributed by atoms with E-state index in [1.165, 1.54) is 38.8 Å². The lowest BCUT2D eigenvalue weighted by molar-refractivity contribution is 0.192. The zero-order chi connectivity index (χ0) is 12.0. The van der Waals surface area contributed by atoms with Gasteiger partial charge in [-0.3, -0.25) is 0 Å². The Labute approximate surface area is 102 Å². The fourth-order valence-corrected chi connectivity index (χ4v) is 3.73. The second kappa shape index (κ2) is 4.01. The highest BCUT2D eigenvalue weighted by atomic mass is 15.2. The summed E-state index contributed by atoms with van der Waals surface area (Å²) < 4.78 is 0. The van der Waals surface area contributed by atoms with Crippen molar-refractivity contribution in [1.29, 1.82) is 0 Å². The van der Waals surface area contributed by atoms with Gasteiger partial charge in [0.05, 0.1) is 0 Å². The lowest BCUT2D eigenvalue weighted by atomic mass is 9.76. The minimum Gasteiger partial charge on any atom is -0.300 e. The molecule has 0 amide bonds. The van der Waals surface area contributed by atoms with Crippen molar-refractivity contribution < 1.29 is 0 Å². The first-order valence-corrected chi connectivity index (χ1v) is 7.06. The molecular weight excluding hydrogens is 194 g/mol. The van der Waals surface area contributed by atoms with Gasteiger partial charge in [-0.15, -0.1) is 0 Å². The minimum absolute atomic E-state index is 0.523. The van der Waals surface area contributed by atoms with Gasteiger partial charge in [-0.2, -0.15) is 0 Å². The van der Waals surface area contributed by atoms with Crippen LogP contribution in [0.5, 0.6) is 0 Å². The highest BCUT2D eigenvalue weighted by Crippen LogP contribution is 2.53. The van der Waals surface area contributed by atoms with E-state index in [0.29, 0.717) is 10.8 Å². The van der Waals surface area contributed by atoms with Crippen LogP contribution in [0.25, 0.3) is 0 Å². The molecule has 0 aromatic rings. The SMILES string of the molecule is CC(C)N1CCC2(CCC(C(C)(C)C)C2)C1. The van der Waals surface area contributed by atoms with Gasteiger partial charge in [0, 0.05) is 12.6 Å². The van der Waals surface area contributed by atoms with Gasteiger partial charge in [0.25, 0.3) is 0 Å². The molecule has 1 nitrogen and oxygen atoms in total. The fourth-order valence-electron chi connectivity index (χ4n) is 3.73. The maximum atomic E-state index is 2.69. The van der Waals surface area contributed by atoms with Crippen molar-refractivity contribution in [3.63, 3.8) is 0 Å². The molecule has 2 unspecified atom stereocenters. The van der Waals surface area contributed by atoms with Crippen molar-refractivity contribution in [3.8, 4) is 0 Å². The Morgan fingerprint density at radius 1 is 1.19 bits per heavy atom. The van der Waals surface area contributed by atoms with Gasteiger partial charge in [0.1, 0.15) is 0 Å². The van der Waals surface area contributed by atoms with Crippen molar-refractivity contribution in [2.75, 3.05) is 13.1 Å². The van der Waals surface area contributed by atoms with Crippen LogP contribution in [0.15, 0.2) is 0 Å². The maximum Gasteiger partial charge on any atom is 0.00413 e. The molecule has 0 aromatic carbocycles. The number of likely N-dealkylation sites (tertiary alicyclic amines) is 1. The molecule has 0 radical (unpaired) electrons. The molecule has 2 fully saturated rings. The second-order valence-electron chi connectivity index (χ2n) is 7.62. The Kier molecular flexibility index (Phi) is 3.11. The van der Waals surface area contributed by atoms with Gasteiger partial charge >= 0.3 is 0 Å². The van der Waals surface area contributed by atoms with E-state index in [1.807, 2.05) is 0 Å². The van der Waals surface area contributed by atoms with Crippen LogP contribution in [0.2, 0.25) is 0 Å². The predicted molar refractivity (Wildman–Crippen MR) is 70.6 cm³/mol. The van der Waals surface area contributed by atoms with Crippen molar-refractivity contribution in [2.45, 2.75) is 66.3 Å². The molecule has 1 aliphatic carbocycles. The molecule has 1 saturated heterocycles. The number of rotatable bonds is 1. The van der Waals surface area contributed by atoms with E-state index in [-0.39, 0.29) is 0 Å². The first kappa shape index (κ1) is 12.4. The molecule has 1 heteroatoms. The van der Waals surface area contributed by atoms with E-state index in [9.17, 15) is 0 Å². The van der Waals surface area contributed by atoms with Crippen LogP contribution >= 0.6 is 0 Å². The van der Waals surface area contributed by atoms with Crippen molar-refractivity contribution in [3.05, 3.63) is 0 Å². The Hall–Kier alpha value is -0.0400. The lowest BCUT2D eigenvalue weighted by Crippen LogP contribution is -2.31. The van der Waals surface area contributed by atoms with Crippen molar-refractivity contribution >= 4 is 0 Å². The molecule has 1 aliphatic heterocycles. The average Bonchev–Trinajstić information content (AvgIpc) is 2.73. The van der Waals surface area contributed by atoms with Crippen LogP contribution in [0, 0.1) is 16.7 Å². The van der Waals surface area contributed by atoms with Gasteiger partial charge in [0.2, 0.25) is 0 Å². The summed E-state index contributed by atoms with van der Waals surface area (Å²) in [6, 6.07) is 0.744. The van der Waals surface area contributed by atoms with Gasteiger partial charge in [-0.05, 0) is 62.8 Å². The highest BCUT2D eigenvalue weighted by Gasteiger charge is 2.46. The molecule has 2 atom stereocenters. The number of hydrogen-bond donors (Lipinski definition) is 0. The van der Waals surface area contributed by atoms with Gasteiger partial charge in [-0.1, -0.05) is 20.8 Å². The summed E-state index contributed by atoms with van der Waals surface area (Å²) in [7, 11) is 0. The predicted octanol–water partition coefficient (Wildman–Crippen LogP) is 3.93. The minimum atomic E-state index is 0.523. The Balaban J connectivity index is 1.98. The van der Waals surface area contributed by atoms with Crippen LogP contribution in [0.3, 0.4) is 0 Å². The smallest absolute Gasteiger partial charge is 0.00413 e. The Bertz CT molecular complexity index is 251. The lowest BCUT2D eigenvalue weighted by Gasteiger charge is -2.30. The standard InChI is InChI=1S/C15H29N/c1-12(2)16-9-8-15(11-16)7-6-13(10-15)14(3,4)5/h12-13H,6-11H2,1-5H3. The van der Waals surface area contributed by atoms with E-state index in [2.05, 4.69) is 39.5 Å². The Morgan fingerprint density at radius 2 is 1.88 bits per heavy atom. The summed E-state index contributed by atoms with van der Waals surface area (Å²) in [5, 5.41) is 0. The molecule has 2 rings (SSSR count). The largest absolute Gasteiger partial charge is 0.300 e. The maximum absolute atomic E-state index is 2.69. The molecule has 0 N–H and O–H groups in total. The molecule has 0 aromatic heterocycles. The number of hydrogen-bond acceptors (Lipinski definition) is 1. The second-order valence-corrected chi connectivity index (χ2v) is 7.62.